The molecule has 1 aromatic carbocycles. The summed E-state index contributed by atoms with van der Waals surface area (Å²) in [5, 5.41) is 13.9. The van der Waals surface area contributed by atoms with Gasteiger partial charge in [0.2, 0.25) is 0 Å². The van der Waals surface area contributed by atoms with Crippen LogP contribution in [0, 0.1) is 17.0 Å². The number of amides is 1. The van der Waals surface area contributed by atoms with Crippen molar-refractivity contribution in [1.29, 1.82) is 0 Å². The normalized spacial score (nSPS) is 21.2. The summed E-state index contributed by atoms with van der Waals surface area (Å²) >= 11 is 0. The zero-order valence-corrected chi connectivity index (χ0v) is 12.7. The van der Waals surface area contributed by atoms with Crippen molar-refractivity contribution in [3.63, 3.8) is 0 Å². The molecule has 7 heteroatoms. The molecule has 3 N–H and O–H groups in total. The first-order chi connectivity index (χ1) is 9.47. The van der Waals surface area contributed by atoms with Gasteiger partial charge in [-0.25, -0.2) is 0 Å². The highest BCUT2D eigenvalue weighted by Crippen LogP contribution is 2.22. The average Bonchev–Trinajstić information content (AvgIpc) is 2.41. The zero-order chi connectivity index (χ0) is 14.7. The van der Waals surface area contributed by atoms with Gasteiger partial charge in [0, 0.05) is 18.2 Å². The number of hydrogen-bond acceptors (Lipinski definition) is 4. The number of carbonyl (C=O) groups is 1. The number of halogens is 1. The average molecular weight is 314 g/mol. The molecule has 1 aliphatic rings. The van der Waals surface area contributed by atoms with Crippen LogP contribution in [0.25, 0.3) is 0 Å². The molecule has 1 fully saturated rings. The van der Waals surface area contributed by atoms with Crippen LogP contribution in [-0.4, -0.2) is 22.9 Å². The second-order valence-corrected chi connectivity index (χ2v) is 5.36. The fourth-order valence-electron chi connectivity index (χ4n) is 2.52. The van der Waals surface area contributed by atoms with Gasteiger partial charge in [-0.05, 0) is 44.2 Å². The molecule has 0 saturated heterocycles. The summed E-state index contributed by atoms with van der Waals surface area (Å²) in [5.74, 6) is -0.374. The van der Waals surface area contributed by atoms with E-state index in [9.17, 15) is 14.9 Å². The summed E-state index contributed by atoms with van der Waals surface area (Å²) in [4.78, 5) is 22.7. The van der Waals surface area contributed by atoms with Gasteiger partial charge >= 0.3 is 0 Å². The molecule has 0 bridgehead atoms. The highest BCUT2D eigenvalue weighted by molar-refractivity contribution is 5.98. The summed E-state index contributed by atoms with van der Waals surface area (Å²) < 4.78 is 0. The highest BCUT2D eigenvalue weighted by Gasteiger charge is 2.24. The van der Waals surface area contributed by atoms with Crippen molar-refractivity contribution in [2.45, 2.75) is 44.7 Å². The third-order valence-corrected chi connectivity index (χ3v) is 3.70. The van der Waals surface area contributed by atoms with E-state index in [-0.39, 0.29) is 41.6 Å². The molecule has 1 amide bonds. The van der Waals surface area contributed by atoms with E-state index in [0.29, 0.717) is 0 Å². The first kappa shape index (κ1) is 17.4. The smallest absolute Gasteiger partial charge is 0.282 e. The van der Waals surface area contributed by atoms with Crippen LogP contribution in [0.1, 0.15) is 41.6 Å². The van der Waals surface area contributed by atoms with Crippen LogP contribution in [-0.2, 0) is 0 Å². The van der Waals surface area contributed by atoms with Gasteiger partial charge < -0.3 is 11.1 Å². The number of hydrogen-bond donors (Lipinski definition) is 2. The molecule has 0 atom stereocenters. The molecule has 0 aliphatic heterocycles. The van der Waals surface area contributed by atoms with E-state index < -0.39 is 4.92 Å². The van der Waals surface area contributed by atoms with Crippen LogP contribution in [0.5, 0.6) is 0 Å². The molecule has 21 heavy (non-hydrogen) atoms. The molecule has 1 saturated carbocycles. The predicted octanol–water partition coefficient (Wildman–Crippen LogP) is 2.32. The first-order valence-corrected chi connectivity index (χ1v) is 6.79. The van der Waals surface area contributed by atoms with Crippen LogP contribution in [0.2, 0.25) is 0 Å². The van der Waals surface area contributed by atoms with E-state index in [2.05, 4.69) is 5.32 Å². The molecule has 116 valence electrons. The van der Waals surface area contributed by atoms with Crippen molar-refractivity contribution in [3.05, 3.63) is 39.4 Å². The third kappa shape index (κ3) is 4.41. The number of rotatable bonds is 3. The predicted molar refractivity (Wildman–Crippen MR) is 82.8 cm³/mol. The molecule has 6 nitrogen and oxygen atoms in total. The minimum atomic E-state index is -0.523. The number of nitrogens with zero attached hydrogens (tertiary/aromatic N) is 1. The Balaban J connectivity index is 0.00000220. The van der Waals surface area contributed by atoms with E-state index in [1.54, 1.807) is 19.1 Å². The number of nitro benzene ring substituents is 1. The fourth-order valence-corrected chi connectivity index (χ4v) is 2.52. The lowest BCUT2D eigenvalue weighted by molar-refractivity contribution is -0.385. The van der Waals surface area contributed by atoms with Crippen molar-refractivity contribution in [3.8, 4) is 0 Å². The van der Waals surface area contributed by atoms with Gasteiger partial charge in [0.25, 0.3) is 11.6 Å². The standard InChI is InChI=1S/C14H19N3O3.ClH/c1-9-2-7-13(17(19)20)12(8-9)14(18)16-11-5-3-10(15)4-6-11;/h2,7-8,10-11H,3-6,15H2,1H3,(H,16,18);1H. The maximum absolute atomic E-state index is 12.2. The lowest BCUT2D eigenvalue weighted by Crippen LogP contribution is -2.40. The van der Waals surface area contributed by atoms with Crippen molar-refractivity contribution in [2.24, 2.45) is 5.73 Å². The van der Waals surface area contributed by atoms with Gasteiger partial charge in [-0.3, -0.25) is 14.9 Å². The van der Waals surface area contributed by atoms with Gasteiger partial charge in [-0.1, -0.05) is 6.07 Å². The van der Waals surface area contributed by atoms with Gasteiger partial charge in [0.1, 0.15) is 5.56 Å². The Morgan fingerprint density at radius 2 is 1.95 bits per heavy atom. The van der Waals surface area contributed by atoms with Gasteiger partial charge in [-0.2, -0.15) is 0 Å². The molecule has 0 heterocycles. The number of aryl methyl sites for hydroxylation is 1. The van der Waals surface area contributed by atoms with Crippen molar-refractivity contribution >= 4 is 24.0 Å². The summed E-state index contributed by atoms with van der Waals surface area (Å²) in [6.45, 7) is 1.81. The molecular weight excluding hydrogens is 294 g/mol. The largest absolute Gasteiger partial charge is 0.349 e. The van der Waals surface area contributed by atoms with E-state index in [0.717, 1.165) is 31.2 Å². The number of nitrogens with two attached hydrogens (primary N) is 1. The topological polar surface area (TPSA) is 98.3 Å². The molecular formula is C14H20ClN3O3. The molecule has 1 aromatic rings. The molecule has 0 spiro atoms. The summed E-state index contributed by atoms with van der Waals surface area (Å²) in [7, 11) is 0. The van der Waals surface area contributed by atoms with Crippen LogP contribution >= 0.6 is 12.4 Å². The number of nitrogens with one attached hydrogen (secondary N) is 1. The molecule has 1 aliphatic carbocycles. The van der Waals surface area contributed by atoms with E-state index in [1.165, 1.54) is 6.07 Å². The number of benzene rings is 1. The van der Waals surface area contributed by atoms with Crippen LogP contribution in [0.3, 0.4) is 0 Å². The highest BCUT2D eigenvalue weighted by atomic mass is 35.5. The molecule has 0 aromatic heterocycles. The van der Waals surface area contributed by atoms with Crippen LogP contribution in [0.4, 0.5) is 5.69 Å². The Morgan fingerprint density at radius 1 is 1.33 bits per heavy atom. The van der Waals surface area contributed by atoms with E-state index in [1.807, 2.05) is 0 Å². The Morgan fingerprint density at radius 3 is 2.52 bits per heavy atom. The second kappa shape index (κ2) is 7.38. The quantitative estimate of drug-likeness (QED) is 0.661. The van der Waals surface area contributed by atoms with Crippen molar-refractivity contribution in [2.75, 3.05) is 0 Å². The molecule has 0 unspecified atom stereocenters. The minimum absolute atomic E-state index is 0. The SMILES string of the molecule is Cc1ccc([N+](=O)[O-])c(C(=O)NC2CCC(N)CC2)c1.Cl. The third-order valence-electron chi connectivity index (χ3n) is 3.70. The second-order valence-electron chi connectivity index (χ2n) is 5.36. The van der Waals surface area contributed by atoms with Crippen LogP contribution < -0.4 is 11.1 Å². The molecule has 2 rings (SSSR count). The van der Waals surface area contributed by atoms with Gasteiger partial charge in [0.15, 0.2) is 0 Å². The Hall–Kier alpha value is -1.66. The lowest BCUT2D eigenvalue weighted by Gasteiger charge is -2.26. The Labute approximate surface area is 129 Å². The fraction of sp³-hybridized carbons (Fsp3) is 0.500. The minimum Gasteiger partial charge on any atom is -0.349 e. The summed E-state index contributed by atoms with van der Waals surface area (Å²) in [6, 6.07) is 4.83. The zero-order valence-electron chi connectivity index (χ0n) is 11.9. The first-order valence-electron chi connectivity index (χ1n) is 6.79. The van der Waals surface area contributed by atoms with E-state index >= 15 is 0 Å². The monoisotopic (exact) mass is 313 g/mol. The van der Waals surface area contributed by atoms with Crippen molar-refractivity contribution < 1.29 is 9.72 Å². The number of nitro groups is 1. The summed E-state index contributed by atoms with van der Waals surface area (Å²) in [6.07, 6.45) is 3.40. The maximum Gasteiger partial charge on any atom is 0.282 e. The number of carbonyl (C=O) groups excluding carboxylic acids is 1. The van der Waals surface area contributed by atoms with Crippen LogP contribution in [0.15, 0.2) is 18.2 Å². The van der Waals surface area contributed by atoms with Gasteiger partial charge in [0.05, 0.1) is 4.92 Å². The summed E-state index contributed by atoms with van der Waals surface area (Å²) in [5.41, 5.74) is 6.62. The van der Waals surface area contributed by atoms with Gasteiger partial charge in [-0.15, -0.1) is 12.4 Å². The Kier molecular flexibility index (Phi) is 6.11. The lowest BCUT2D eigenvalue weighted by atomic mass is 9.91. The van der Waals surface area contributed by atoms with E-state index in [4.69, 9.17) is 5.73 Å². The Bertz CT molecular complexity index is 528. The maximum atomic E-state index is 12.2. The molecule has 0 radical (unpaired) electrons. The van der Waals surface area contributed by atoms with Crippen molar-refractivity contribution in [1.82, 2.24) is 5.32 Å².